The molecule has 6 N–H and O–H groups in total. The first-order chi connectivity index (χ1) is 16.2. The zero-order valence-corrected chi connectivity index (χ0v) is 19.8. The molecule has 1 unspecified atom stereocenters. The topological polar surface area (TPSA) is 124 Å². The van der Waals surface area contributed by atoms with Crippen molar-refractivity contribution in [2.24, 2.45) is 11.7 Å². The fourth-order valence-electron chi connectivity index (χ4n) is 4.87. The Morgan fingerprint density at radius 2 is 1.85 bits per heavy atom. The van der Waals surface area contributed by atoms with Crippen LogP contribution in [-0.2, 0) is 0 Å². The van der Waals surface area contributed by atoms with Gasteiger partial charge in [-0.15, -0.1) is 0 Å². The van der Waals surface area contributed by atoms with E-state index >= 15 is 0 Å². The number of nitrogens with zero attached hydrogens (tertiary/aromatic N) is 3. The van der Waals surface area contributed by atoms with Gasteiger partial charge in [-0.3, -0.25) is 11.7 Å². The van der Waals surface area contributed by atoms with Crippen LogP contribution in [0.2, 0.25) is 0 Å². The Bertz CT molecular complexity index is 868. The molecule has 2 aromatic rings. The number of aromatic nitrogens is 3. The van der Waals surface area contributed by atoms with Crippen LogP contribution in [0, 0.1) is 5.82 Å². The third kappa shape index (κ3) is 6.59. The summed E-state index contributed by atoms with van der Waals surface area (Å²) in [6.07, 6.45) is 10.6. The van der Waals surface area contributed by atoms with E-state index < -0.39 is 5.82 Å². The van der Waals surface area contributed by atoms with E-state index in [1.54, 1.807) is 6.07 Å². The number of methoxy groups -OCH3 is 1. The monoisotopic (exact) mass is 459 g/mol. The average Bonchev–Trinajstić information content (AvgIpc) is 3.25. The van der Waals surface area contributed by atoms with Crippen molar-refractivity contribution >= 4 is 5.95 Å². The number of hydrogen-bond donors (Lipinski definition) is 4. The number of benzene rings is 1. The van der Waals surface area contributed by atoms with E-state index in [9.17, 15) is 4.39 Å². The van der Waals surface area contributed by atoms with Gasteiger partial charge < -0.3 is 15.4 Å². The summed E-state index contributed by atoms with van der Waals surface area (Å²) in [5.74, 6) is 9.93. The minimum absolute atomic E-state index is 0.210. The Balaban J connectivity index is 0.00000149. The van der Waals surface area contributed by atoms with Crippen molar-refractivity contribution in [2.75, 3.05) is 19.0 Å². The van der Waals surface area contributed by atoms with Crippen molar-refractivity contribution < 1.29 is 9.13 Å². The summed E-state index contributed by atoms with van der Waals surface area (Å²) < 4.78 is 19.5. The maximum Gasteiger partial charge on any atom is 0.226 e. The molecule has 33 heavy (non-hydrogen) atoms. The zero-order valence-electron chi connectivity index (χ0n) is 19.8. The lowest BCUT2D eigenvalue weighted by molar-refractivity contribution is 0.386. The molecule has 1 aliphatic heterocycles. The zero-order chi connectivity index (χ0) is 23.6. The molecule has 9 heteroatoms. The van der Waals surface area contributed by atoms with Crippen LogP contribution in [0.25, 0.3) is 11.4 Å². The fraction of sp³-hybridized carbons (Fsp3) is 0.625. The molecule has 1 saturated heterocycles. The summed E-state index contributed by atoms with van der Waals surface area (Å²) in [6, 6.07) is 5.64. The Morgan fingerprint density at radius 3 is 2.45 bits per heavy atom. The van der Waals surface area contributed by atoms with Crippen LogP contribution in [0.5, 0.6) is 5.75 Å². The van der Waals surface area contributed by atoms with E-state index in [4.69, 9.17) is 19.7 Å². The largest absolute Gasteiger partial charge is 0.494 e. The van der Waals surface area contributed by atoms with Crippen molar-refractivity contribution in [2.45, 2.75) is 82.7 Å². The Hall–Kier alpha value is -2.36. The lowest BCUT2D eigenvalue weighted by Crippen LogP contribution is -2.30. The van der Waals surface area contributed by atoms with Crippen molar-refractivity contribution in [1.29, 1.82) is 0 Å². The highest BCUT2D eigenvalue weighted by Gasteiger charge is 2.28. The first-order valence-corrected chi connectivity index (χ1v) is 12.1. The summed E-state index contributed by atoms with van der Waals surface area (Å²) >= 11 is 0. The van der Waals surface area contributed by atoms with E-state index in [2.05, 4.69) is 29.2 Å². The van der Waals surface area contributed by atoms with Gasteiger partial charge in [-0.1, -0.05) is 32.6 Å². The summed E-state index contributed by atoms with van der Waals surface area (Å²) in [6.45, 7) is 3.22. The molecule has 182 valence electrons. The fourth-order valence-corrected chi connectivity index (χ4v) is 4.87. The van der Waals surface area contributed by atoms with Gasteiger partial charge in [0.15, 0.2) is 17.4 Å². The SMILES string of the molecule is CC[C@@H](c1nc(NC2CCCCCC2)nc(-c2ccc(OC)c(F)c2)n1)C1CCCN1.NN. The van der Waals surface area contributed by atoms with Gasteiger partial charge in [0.05, 0.1) is 7.11 Å². The molecule has 0 amide bonds. The molecule has 2 atom stereocenters. The number of hydrazine groups is 1. The molecular formula is C24H38FN7O. The molecule has 4 rings (SSSR count). The van der Waals surface area contributed by atoms with E-state index in [0.29, 0.717) is 29.4 Å². The van der Waals surface area contributed by atoms with Crippen LogP contribution >= 0.6 is 0 Å². The molecule has 2 fully saturated rings. The standard InChI is InChI=1S/C24H34FN5O.H4N2/c1-3-18(20-11-8-14-26-20)23-28-22(16-12-13-21(31-2)19(25)15-16)29-24(30-23)27-17-9-6-4-5-7-10-17;1-2/h12-13,15,17-18,20,26H,3-11,14H2,1-2H3,(H,27,28,29,30);1-2H2/t18-,20?;/m1./s1. The minimum Gasteiger partial charge on any atom is -0.494 e. The van der Waals surface area contributed by atoms with Gasteiger partial charge in [-0.05, 0) is 56.8 Å². The molecule has 0 radical (unpaired) electrons. The lowest BCUT2D eigenvalue weighted by atomic mass is 9.94. The third-order valence-electron chi connectivity index (χ3n) is 6.61. The summed E-state index contributed by atoms with van der Waals surface area (Å²) in [4.78, 5) is 14.4. The number of halogens is 1. The predicted octanol–water partition coefficient (Wildman–Crippen LogP) is 3.89. The van der Waals surface area contributed by atoms with Crippen molar-refractivity contribution in [3.63, 3.8) is 0 Å². The number of nitrogens with two attached hydrogens (primary N) is 2. The molecule has 0 spiro atoms. The number of rotatable bonds is 7. The van der Waals surface area contributed by atoms with Gasteiger partial charge in [0, 0.05) is 23.6 Å². The second-order valence-electron chi connectivity index (χ2n) is 8.74. The number of anilines is 1. The van der Waals surface area contributed by atoms with Crippen LogP contribution in [0.15, 0.2) is 18.2 Å². The Morgan fingerprint density at radius 1 is 1.09 bits per heavy atom. The summed E-state index contributed by atoms with van der Waals surface area (Å²) in [5, 5.41) is 7.18. The molecule has 1 aromatic heterocycles. The highest BCUT2D eigenvalue weighted by molar-refractivity contribution is 5.58. The van der Waals surface area contributed by atoms with Crippen molar-refractivity contribution in [3.8, 4) is 17.1 Å². The van der Waals surface area contributed by atoms with Crippen LogP contribution in [0.1, 0.15) is 76.5 Å². The average molecular weight is 460 g/mol. The highest BCUT2D eigenvalue weighted by atomic mass is 19.1. The molecule has 1 aliphatic carbocycles. The van der Waals surface area contributed by atoms with Gasteiger partial charge in [-0.25, -0.2) is 9.37 Å². The lowest BCUT2D eigenvalue weighted by Gasteiger charge is -2.23. The molecule has 2 aliphatic rings. The second kappa shape index (κ2) is 12.8. The second-order valence-corrected chi connectivity index (χ2v) is 8.74. The first kappa shape index (κ1) is 25.3. The minimum atomic E-state index is -0.412. The van der Waals surface area contributed by atoms with Gasteiger partial charge >= 0.3 is 0 Å². The molecule has 8 nitrogen and oxygen atoms in total. The first-order valence-electron chi connectivity index (χ1n) is 12.1. The van der Waals surface area contributed by atoms with E-state index in [1.165, 1.54) is 45.3 Å². The van der Waals surface area contributed by atoms with Gasteiger partial charge in [0.2, 0.25) is 5.95 Å². The highest BCUT2D eigenvalue weighted by Crippen LogP contribution is 2.30. The Labute approximate surface area is 196 Å². The van der Waals surface area contributed by atoms with Crippen LogP contribution < -0.4 is 27.1 Å². The van der Waals surface area contributed by atoms with Gasteiger partial charge in [0.25, 0.3) is 0 Å². The maximum absolute atomic E-state index is 14.4. The van der Waals surface area contributed by atoms with Gasteiger partial charge in [-0.2, -0.15) is 9.97 Å². The molecule has 2 heterocycles. The number of nitrogens with one attached hydrogen (secondary N) is 2. The normalized spacial score (nSPS) is 19.8. The third-order valence-corrected chi connectivity index (χ3v) is 6.61. The van der Waals surface area contributed by atoms with E-state index in [1.807, 2.05) is 6.07 Å². The quantitative estimate of drug-likeness (QED) is 0.279. The van der Waals surface area contributed by atoms with E-state index in [0.717, 1.165) is 38.1 Å². The molecule has 0 bridgehead atoms. The molecular weight excluding hydrogens is 421 g/mol. The molecule has 1 aromatic carbocycles. The van der Waals surface area contributed by atoms with Crippen LogP contribution in [0.4, 0.5) is 10.3 Å². The Kier molecular flexibility index (Phi) is 9.77. The maximum atomic E-state index is 14.4. The number of hydrogen-bond acceptors (Lipinski definition) is 8. The van der Waals surface area contributed by atoms with Gasteiger partial charge in [0.1, 0.15) is 5.82 Å². The van der Waals surface area contributed by atoms with Crippen molar-refractivity contribution in [3.05, 3.63) is 29.8 Å². The predicted molar refractivity (Wildman–Crippen MR) is 129 cm³/mol. The summed E-state index contributed by atoms with van der Waals surface area (Å²) in [7, 11) is 1.47. The van der Waals surface area contributed by atoms with E-state index in [-0.39, 0.29) is 11.7 Å². The smallest absolute Gasteiger partial charge is 0.226 e. The van der Waals surface area contributed by atoms with Crippen LogP contribution in [-0.4, -0.2) is 40.7 Å². The molecule has 1 saturated carbocycles. The number of ether oxygens (including phenoxy) is 1. The summed E-state index contributed by atoms with van der Waals surface area (Å²) in [5.41, 5.74) is 0.639. The van der Waals surface area contributed by atoms with Crippen molar-refractivity contribution in [1.82, 2.24) is 20.3 Å². The van der Waals surface area contributed by atoms with Crippen LogP contribution in [0.3, 0.4) is 0 Å².